The molecular formula is C8H7BrN2S. The molecule has 0 saturated carbocycles. The van der Waals surface area contributed by atoms with Crippen molar-refractivity contribution >= 4 is 48.7 Å². The van der Waals surface area contributed by atoms with Crippen molar-refractivity contribution in [3.8, 4) is 0 Å². The van der Waals surface area contributed by atoms with Crippen molar-refractivity contribution in [3.05, 3.63) is 22.0 Å². The van der Waals surface area contributed by atoms with Crippen LogP contribution in [0.1, 0.15) is 0 Å². The molecular weight excluding hydrogens is 236 g/mol. The van der Waals surface area contributed by atoms with Gasteiger partial charge in [0.1, 0.15) is 0 Å². The highest BCUT2D eigenvalue weighted by atomic mass is 79.9. The molecule has 0 spiro atoms. The number of benzene rings is 1. The Morgan fingerprint density at radius 3 is 2.58 bits per heavy atom. The summed E-state index contributed by atoms with van der Waals surface area (Å²) in [6, 6.07) is 3.80. The molecule has 0 atom stereocenters. The van der Waals surface area contributed by atoms with Crippen LogP contribution in [0.2, 0.25) is 0 Å². The van der Waals surface area contributed by atoms with Crippen LogP contribution >= 0.6 is 27.3 Å². The molecule has 0 unspecified atom stereocenters. The summed E-state index contributed by atoms with van der Waals surface area (Å²) in [5.41, 5.74) is 12.6. The van der Waals surface area contributed by atoms with Gasteiger partial charge in [-0.05, 0) is 28.1 Å². The van der Waals surface area contributed by atoms with E-state index >= 15 is 0 Å². The van der Waals surface area contributed by atoms with Gasteiger partial charge in [0.25, 0.3) is 0 Å². The maximum absolute atomic E-state index is 5.67. The van der Waals surface area contributed by atoms with Crippen LogP contribution < -0.4 is 11.5 Å². The SMILES string of the molecule is Nc1cc2scc(Br)c2cc1N. The van der Waals surface area contributed by atoms with E-state index in [0.717, 1.165) is 14.6 Å². The fourth-order valence-electron chi connectivity index (χ4n) is 1.08. The highest BCUT2D eigenvalue weighted by Crippen LogP contribution is 2.34. The smallest absolute Gasteiger partial charge is 0.0562 e. The van der Waals surface area contributed by atoms with Gasteiger partial charge in [-0.15, -0.1) is 11.3 Å². The molecule has 0 fully saturated rings. The second-order valence-corrected chi connectivity index (χ2v) is 4.33. The van der Waals surface area contributed by atoms with Gasteiger partial charge in [0.2, 0.25) is 0 Å². The lowest BCUT2D eigenvalue weighted by atomic mass is 10.2. The topological polar surface area (TPSA) is 52.0 Å². The fourth-order valence-corrected chi connectivity index (χ4v) is 2.66. The second kappa shape index (κ2) is 2.64. The zero-order valence-corrected chi connectivity index (χ0v) is 8.58. The van der Waals surface area contributed by atoms with Gasteiger partial charge in [-0.25, -0.2) is 0 Å². The van der Waals surface area contributed by atoms with E-state index in [-0.39, 0.29) is 0 Å². The van der Waals surface area contributed by atoms with Gasteiger partial charge in [0, 0.05) is 19.9 Å². The quantitative estimate of drug-likeness (QED) is 0.699. The average molecular weight is 243 g/mol. The fraction of sp³-hybridized carbons (Fsp3) is 0. The second-order valence-electron chi connectivity index (χ2n) is 2.56. The predicted octanol–water partition coefficient (Wildman–Crippen LogP) is 2.83. The van der Waals surface area contributed by atoms with Crippen LogP contribution in [0, 0.1) is 0 Å². The van der Waals surface area contributed by atoms with Crippen molar-refractivity contribution in [2.24, 2.45) is 0 Å². The van der Waals surface area contributed by atoms with Crippen molar-refractivity contribution in [1.29, 1.82) is 0 Å². The van der Waals surface area contributed by atoms with E-state index in [1.165, 1.54) is 0 Å². The van der Waals surface area contributed by atoms with Crippen LogP contribution in [0.3, 0.4) is 0 Å². The Kier molecular flexibility index (Phi) is 1.73. The zero-order valence-electron chi connectivity index (χ0n) is 6.17. The first-order chi connectivity index (χ1) is 5.68. The molecule has 1 aromatic carbocycles. The van der Waals surface area contributed by atoms with E-state index in [4.69, 9.17) is 11.5 Å². The van der Waals surface area contributed by atoms with Gasteiger partial charge in [-0.1, -0.05) is 0 Å². The minimum Gasteiger partial charge on any atom is -0.397 e. The third-order valence-electron chi connectivity index (χ3n) is 1.73. The van der Waals surface area contributed by atoms with Crippen LogP contribution in [-0.2, 0) is 0 Å². The number of nitrogen functional groups attached to an aromatic ring is 2. The van der Waals surface area contributed by atoms with Gasteiger partial charge >= 0.3 is 0 Å². The molecule has 0 aliphatic heterocycles. The Hall–Kier alpha value is -0.740. The number of anilines is 2. The molecule has 0 aliphatic carbocycles. The normalized spacial score (nSPS) is 10.8. The first-order valence-electron chi connectivity index (χ1n) is 3.40. The summed E-state index contributed by atoms with van der Waals surface area (Å²) in [6.07, 6.45) is 0. The largest absolute Gasteiger partial charge is 0.397 e. The van der Waals surface area contributed by atoms with Crippen LogP contribution in [-0.4, -0.2) is 0 Å². The minimum atomic E-state index is 0.640. The van der Waals surface area contributed by atoms with E-state index in [1.54, 1.807) is 11.3 Å². The lowest BCUT2D eigenvalue weighted by Gasteiger charge is -1.99. The van der Waals surface area contributed by atoms with E-state index in [2.05, 4.69) is 15.9 Å². The molecule has 12 heavy (non-hydrogen) atoms. The molecule has 0 radical (unpaired) electrons. The molecule has 2 nitrogen and oxygen atoms in total. The molecule has 1 heterocycles. The zero-order chi connectivity index (χ0) is 8.72. The summed E-state index contributed by atoms with van der Waals surface area (Å²) >= 11 is 5.09. The summed E-state index contributed by atoms with van der Waals surface area (Å²) < 4.78 is 2.24. The Morgan fingerprint density at radius 1 is 1.17 bits per heavy atom. The maximum Gasteiger partial charge on any atom is 0.0562 e. The molecule has 2 rings (SSSR count). The Morgan fingerprint density at radius 2 is 1.83 bits per heavy atom. The minimum absolute atomic E-state index is 0.640. The van der Waals surface area contributed by atoms with Gasteiger partial charge in [-0.2, -0.15) is 0 Å². The average Bonchev–Trinajstić information content (AvgIpc) is 2.35. The third-order valence-corrected chi connectivity index (χ3v) is 3.64. The van der Waals surface area contributed by atoms with Gasteiger partial charge < -0.3 is 11.5 Å². The number of halogens is 1. The van der Waals surface area contributed by atoms with Crippen molar-refractivity contribution < 1.29 is 0 Å². The standard InChI is InChI=1S/C8H7BrN2S/c9-5-3-12-8-2-7(11)6(10)1-4(5)8/h1-3H,10-11H2. The van der Waals surface area contributed by atoms with Gasteiger partial charge in [-0.3, -0.25) is 0 Å². The molecule has 4 heteroatoms. The number of fused-ring (bicyclic) bond motifs is 1. The van der Waals surface area contributed by atoms with E-state index in [1.807, 2.05) is 17.5 Å². The highest BCUT2D eigenvalue weighted by Gasteiger charge is 2.03. The van der Waals surface area contributed by atoms with Crippen LogP contribution in [0.4, 0.5) is 11.4 Å². The lowest BCUT2D eigenvalue weighted by Crippen LogP contribution is -1.92. The van der Waals surface area contributed by atoms with Crippen LogP contribution in [0.25, 0.3) is 10.1 Å². The Labute approximate surface area is 82.3 Å². The number of hydrogen-bond donors (Lipinski definition) is 2. The van der Waals surface area contributed by atoms with Crippen LogP contribution in [0.15, 0.2) is 22.0 Å². The van der Waals surface area contributed by atoms with Crippen molar-refractivity contribution in [3.63, 3.8) is 0 Å². The Balaban J connectivity index is 2.87. The first-order valence-corrected chi connectivity index (χ1v) is 5.07. The molecule has 4 N–H and O–H groups in total. The van der Waals surface area contributed by atoms with Gasteiger partial charge in [0.05, 0.1) is 11.4 Å². The number of hydrogen-bond acceptors (Lipinski definition) is 3. The molecule has 0 aliphatic rings. The third kappa shape index (κ3) is 1.07. The van der Waals surface area contributed by atoms with Crippen molar-refractivity contribution in [2.75, 3.05) is 11.5 Å². The predicted molar refractivity (Wildman–Crippen MR) is 58.3 cm³/mol. The molecule has 2 aromatic rings. The number of rotatable bonds is 0. The summed E-state index contributed by atoms with van der Waals surface area (Å²) in [5.74, 6) is 0. The van der Waals surface area contributed by atoms with Crippen molar-refractivity contribution in [1.82, 2.24) is 0 Å². The number of thiophene rings is 1. The highest BCUT2D eigenvalue weighted by molar-refractivity contribution is 9.10. The maximum atomic E-state index is 5.67. The summed E-state index contributed by atoms with van der Waals surface area (Å²) in [7, 11) is 0. The van der Waals surface area contributed by atoms with E-state index < -0.39 is 0 Å². The monoisotopic (exact) mass is 242 g/mol. The van der Waals surface area contributed by atoms with Crippen LogP contribution in [0.5, 0.6) is 0 Å². The molecule has 0 amide bonds. The molecule has 1 aromatic heterocycles. The molecule has 0 bridgehead atoms. The lowest BCUT2D eigenvalue weighted by molar-refractivity contribution is 1.74. The van der Waals surface area contributed by atoms with Crippen molar-refractivity contribution in [2.45, 2.75) is 0 Å². The summed E-state index contributed by atoms with van der Waals surface area (Å²) in [4.78, 5) is 0. The first kappa shape index (κ1) is 7.89. The van der Waals surface area contributed by atoms with Gasteiger partial charge in [0.15, 0.2) is 0 Å². The molecule has 0 saturated heterocycles. The summed E-state index contributed by atoms with van der Waals surface area (Å²) in [6.45, 7) is 0. The van der Waals surface area contributed by atoms with E-state index in [0.29, 0.717) is 11.4 Å². The number of nitrogens with two attached hydrogens (primary N) is 2. The Bertz CT molecular complexity index is 436. The summed E-state index contributed by atoms with van der Waals surface area (Å²) in [5, 5.41) is 3.16. The molecule has 62 valence electrons. The van der Waals surface area contributed by atoms with E-state index in [9.17, 15) is 0 Å².